The zero-order valence-corrected chi connectivity index (χ0v) is 13.1. The zero-order valence-electron chi connectivity index (χ0n) is 12.3. The number of aryl methyl sites for hydroxylation is 1. The fourth-order valence-electron chi connectivity index (χ4n) is 1.86. The highest BCUT2D eigenvalue weighted by Gasteiger charge is 2.11. The topological polar surface area (TPSA) is 68.3 Å². The Morgan fingerprint density at radius 1 is 1.00 bits per heavy atom. The fraction of sp³-hybridized carbons (Fsp3) is 0.286. The van der Waals surface area contributed by atoms with Crippen LogP contribution < -0.4 is 20.1 Å². The molecule has 2 rings (SSSR count). The summed E-state index contributed by atoms with van der Waals surface area (Å²) in [6, 6.07) is 5.25. The highest BCUT2D eigenvalue weighted by atomic mass is 35.5. The molecule has 0 unspecified atom stereocenters. The molecule has 1 aromatic carbocycles. The lowest BCUT2D eigenvalue weighted by molar-refractivity contribution is 0.405. The van der Waals surface area contributed by atoms with Crippen LogP contribution >= 0.6 is 11.6 Å². The van der Waals surface area contributed by atoms with E-state index in [9.17, 15) is 0 Å². The average Bonchev–Trinajstić information content (AvgIpc) is 2.47. The summed E-state index contributed by atoms with van der Waals surface area (Å²) in [4.78, 5) is 8.58. The van der Waals surface area contributed by atoms with E-state index in [1.807, 2.05) is 6.92 Å². The highest BCUT2D eigenvalue weighted by Crippen LogP contribution is 2.37. The van der Waals surface area contributed by atoms with Crippen molar-refractivity contribution in [3.05, 3.63) is 29.0 Å². The van der Waals surface area contributed by atoms with Gasteiger partial charge in [-0.15, -0.1) is 0 Å². The Hall–Kier alpha value is -2.21. The van der Waals surface area contributed by atoms with Gasteiger partial charge < -0.3 is 20.1 Å². The maximum absolute atomic E-state index is 6.09. The van der Waals surface area contributed by atoms with Gasteiger partial charge in [-0.1, -0.05) is 11.6 Å². The van der Waals surface area contributed by atoms with Gasteiger partial charge in [-0.3, -0.25) is 0 Å². The highest BCUT2D eigenvalue weighted by molar-refractivity contribution is 6.32. The van der Waals surface area contributed by atoms with Gasteiger partial charge in [0.2, 0.25) is 0 Å². The quantitative estimate of drug-likeness (QED) is 0.884. The first-order chi connectivity index (χ1) is 10.1. The molecule has 0 aliphatic heterocycles. The average molecular weight is 309 g/mol. The summed E-state index contributed by atoms with van der Waals surface area (Å²) in [5, 5.41) is 6.65. The van der Waals surface area contributed by atoms with Gasteiger partial charge in [0.1, 0.15) is 29.0 Å². The fourth-order valence-corrected chi connectivity index (χ4v) is 2.09. The van der Waals surface area contributed by atoms with Crippen molar-refractivity contribution in [2.24, 2.45) is 0 Å². The summed E-state index contributed by atoms with van der Waals surface area (Å²) in [5.41, 5.74) is 0.707. The first-order valence-corrected chi connectivity index (χ1v) is 6.67. The molecule has 0 saturated heterocycles. The van der Waals surface area contributed by atoms with Crippen molar-refractivity contribution >= 4 is 28.9 Å². The minimum Gasteiger partial charge on any atom is -0.495 e. The van der Waals surface area contributed by atoms with Crippen LogP contribution in [0.25, 0.3) is 0 Å². The van der Waals surface area contributed by atoms with Gasteiger partial charge in [0.15, 0.2) is 0 Å². The van der Waals surface area contributed by atoms with Gasteiger partial charge in [-0.2, -0.15) is 0 Å². The maximum atomic E-state index is 6.09. The van der Waals surface area contributed by atoms with Crippen LogP contribution in [0, 0.1) is 6.92 Å². The molecule has 0 saturated carbocycles. The van der Waals surface area contributed by atoms with E-state index in [1.165, 1.54) is 0 Å². The third-order valence-corrected chi connectivity index (χ3v) is 3.13. The molecule has 0 aliphatic rings. The van der Waals surface area contributed by atoms with Gasteiger partial charge >= 0.3 is 0 Å². The Bertz CT molecular complexity index is 649. The van der Waals surface area contributed by atoms with E-state index < -0.39 is 0 Å². The summed E-state index contributed by atoms with van der Waals surface area (Å²) in [6.45, 7) is 1.83. The van der Waals surface area contributed by atoms with E-state index in [1.54, 1.807) is 39.5 Å². The number of aromatic nitrogens is 2. The standard InChI is InChI=1S/C14H17ClN4O2/c1-8-17-13(16-2)7-14(18-8)19-10-6-11(20-3)9(15)5-12(10)21-4/h5-7H,1-4H3,(H2,16,17,18,19). The minimum atomic E-state index is 0.481. The molecule has 0 bridgehead atoms. The van der Waals surface area contributed by atoms with E-state index in [0.717, 1.165) is 5.82 Å². The van der Waals surface area contributed by atoms with Crippen LogP contribution in [-0.4, -0.2) is 31.2 Å². The van der Waals surface area contributed by atoms with Crippen molar-refractivity contribution in [2.75, 3.05) is 31.9 Å². The molecule has 2 aromatic rings. The molecule has 0 radical (unpaired) electrons. The van der Waals surface area contributed by atoms with Crippen molar-refractivity contribution in [1.29, 1.82) is 0 Å². The van der Waals surface area contributed by atoms with Gasteiger partial charge in [-0.05, 0) is 6.92 Å². The van der Waals surface area contributed by atoms with Crippen LogP contribution in [0.5, 0.6) is 11.5 Å². The van der Waals surface area contributed by atoms with E-state index in [-0.39, 0.29) is 0 Å². The van der Waals surface area contributed by atoms with Crippen LogP contribution in [-0.2, 0) is 0 Å². The van der Waals surface area contributed by atoms with E-state index in [2.05, 4.69) is 20.6 Å². The number of nitrogens with zero attached hydrogens (tertiary/aromatic N) is 2. The maximum Gasteiger partial charge on any atom is 0.144 e. The first kappa shape index (κ1) is 15.2. The van der Waals surface area contributed by atoms with Gasteiger partial charge in [0.05, 0.1) is 24.9 Å². The Balaban J connectivity index is 2.40. The molecule has 112 valence electrons. The lowest BCUT2D eigenvalue weighted by Gasteiger charge is -2.14. The smallest absolute Gasteiger partial charge is 0.144 e. The van der Waals surface area contributed by atoms with Crippen molar-refractivity contribution < 1.29 is 9.47 Å². The number of anilines is 3. The van der Waals surface area contributed by atoms with Gasteiger partial charge in [0.25, 0.3) is 0 Å². The third kappa shape index (κ3) is 3.46. The molecule has 0 spiro atoms. The molecule has 2 N–H and O–H groups in total. The number of halogens is 1. The Kier molecular flexibility index (Phi) is 4.70. The second kappa shape index (κ2) is 6.49. The van der Waals surface area contributed by atoms with Crippen LogP contribution in [0.2, 0.25) is 5.02 Å². The summed E-state index contributed by atoms with van der Waals surface area (Å²) in [6.07, 6.45) is 0. The van der Waals surface area contributed by atoms with E-state index >= 15 is 0 Å². The molecular formula is C14H17ClN4O2. The molecular weight excluding hydrogens is 292 g/mol. The van der Waals surface area contributed by atoms with Crippen LogP contribution in [0.15, 0.2) is 18.2 Å². The number of benzene rings is 1. The summed E-state index contributed by atoms with van der Waals surface area (Å²) in [5.74, 6) is 3.19. The number of nitrogens with one attached hydrogen (secondary N) is 2. The lowest BCUT2D eigenvalue weighted by Crippen LogP contribution is -2.02. The summed E-state index contributed by atoms with van der Waals surface area (Å²) >= 11 is 6.09. The van der Waals surface area contributed by atoms with Crippen LogP contribution in [0.1, 0.15) is 5.82 Å². The zero-order chi connectivity index (χ0) is 15.4. The van der Waals surface area contributed by atoms with Gasteiger partial charge in [0, 0.05) is 25.2 Å². The van der Waals surface area contributed by atoms with Crippen LogP contribution in [0.4, 0.5) is 17.3 Å². The molecule has 21 heavy (non-hydrogen) atoms. The molecule has 0 amide bonds. The lowest BCUT2D eigenvalue weighted by atomic mass is 10.2. The van der Waals surface area contributed by atoms with Crippen molar-refractivity contribution in [2.45, 2.75) is 6.92 Å². The molecule has 0 aliphatic carbocycles. The Morgan fingerprint density at radius 3 is 2.29 bits per heavy atom. The Morgan fingerprint density at radius 2 is 1.67 bits per heavy atom. The number of ether oxygens (including phenoxy) is 2. The third-order valence-electron chi connectivity index (χ3n) is 2.83. The summed E-state index contributed by atoms with van der Waals surface area (Å²) < 4.78 is 10.5. The second-order valence-corrected chi connectivity index (χ2v) is 4.65. The summed E-state index contributed by atoms with van der Waals surface area (Å²) in [7, 11) is 4.94. The number of rotatable bonds is 5. The minimum absolute atomic E-state index is 0.481. The monoisotopic (exact) mass is 308 g/mol. The van der Waals surface area contributed by atoms with E-state index in [0.29, 0.717) is 33.9 Å². The normalized spacial score (nSPS) is 10.1. The van der Waals surface area contributed by atoms with Gasteiger partial charge in [-0.25, -0.2) is 9.97 Å². The number of methoxy groups -OCH3 is 2. The molecule has 0 atom stereocenters. The SMILES string of the molecule is CNc1cc(Nc2cc(OC)c(Cl)cc2OC)nc(C)n1. The van der Waals surface area contributed by atoms with Crippen molar-refractivity contribution in [1.82, 2.24) is 9.97 Å². The predicted octanol–water partition coefficient (Wildman–Crippen LogP) is 3.24. The molecule has 1 aromatic heterocycles. The van der Waals surface area contributed by atoms with Crippen molar-refractivity contribution in [3.8, 4) is 11.5 Å². The first-order valence-electron chi connectivity index (χ1n) is 6.29. The second-order valence-electron chi connectivity index (χ2n) is 4.25. The van der Waals surface area contributed by atoms with Crippen molar-refractivity contribution in [3.63, 3.8) is 0 Å². The molecule has 0 fully saturated rings. The molecule has 1 heterocycles. The largest absolute Gasteiger partial charge is 0.495 e. The van der Waals surface area contributed by atoms with E-state index in [4.69, 9.17) is 21.1 Å². The molecule has 6 nitrogen and oxygen atoms in total. The predicted molar refractivity (Wildman–Crippen MR) is 84.2 cm³/mol. The number of hydrogen-bond acceptors (Lipinski definition) is 6. The number of hydrogen-bond donors (Lipinski definition) is 2. The molecule has 7 heteroatoms. The Labute approximate surface area is 128 Å². The van der Waals surface area contributed by atoms with Crippen LogP contribution in [0.3, 0.4) is 0 Å².